The Morgan fingerprint density at radius 1 is 0.448 bits per heavy atom. The molecule has 22 nitrogen and oxygen atoms in total. The topological polar surface area (TPSA) is 365 Å². The number of non-ortho nitro benzene ring substituents is 2. The molecule has 0 spiro atoms. The Bertz CT molecular complexity index is 2160. The van der Waals surface area contributed by atoms with Crippen LogP contribution in [0.25, 0.3) is 45.0 Å². The number of hydrogen-bond donors (Lipinski definition) is 2. The summed E-state index contributed by atoms with van der Waals surface area (Å²) in [5.41, 5.74) is 6.52. The molecule has 4 heterocycles. The molecule has 2 N–H and O–H groups in total. The SMILES string of the molecule is CO.CO.O=S(=O)([O-])[O-].O=S(=O)([O-])[O-].O=[N+]([O-])c1ccc(-c2ccnc(-c3cnccn3)c2)cc1.O=[N+]([O-])c1ccc(-c2ccnc(-c3cnccn3)c2)cc1.[Cu+2].[Cu+2]. The maximum Gasteiger partial charge on any atom is 2.00 e. The summed E-state index contributed by atoms with van der Waals surface area (Å²) in [6, 6.07) is 20.3. The molecule has 0 aliphatic heterocycles. The molecule has 6 rings (SSSR count). The number of nitro groups is 2. The van der Waals surface area contributed by atoms with Gasteiger partial charge in [0.05, 0.1) is 33.6 Å². The number of hydrogen-bond acceptors (Lipinski definition) is 20. The molecule has 4 aromatic heterocycles. The molecule has 2 aromatic carbocycles. The van der Waals surface area contributed by atoms with Crippen LogP contribution in [0.15, 0.2) is 122 Å². The third-order valence-corrected chi connectivity index (χ3v) is 5.99. The van der Waals surface area contributed by atoms with E-state index in [0.29, 0.717) is 22.8 Å². The summed E-state index contributed by atoms with van der Waals surface area (Å²) in [4.78, 5) is 45.5. The maximum atomic E-state index is 10.7. The van der Waals surface area contributed by atoms with Crippen molar-refractivity contribution in [3.63, 3.8) is 0 Å². The van der Waals surface area contributed by atoms with Crippen LogP contribution < -0.4 is 0 Å². The predicted octanol–water partition coefficient (Wildman–Crippen LogP) is 2.76. The molecule has 0 atom stereocenters. The third kappa shape index (κ3) is 22.2. The van der Waals surface area contributed by atoms with Crippen LogP contribution in [0.5, 0.6) is 0 Å². The molecule has 0 saturated heterocycles. The van der Waals surface area contributed by atoms with Crippen molar-refractivity contribution in [2.75, 3.05) is 14.2 Å². The number of aliphatic hydroxyl groups is 2. The summed E-state index contributed by atoms with van der Waals surface area (Å²) in [6.45, 7) is 0. The quantitative estimate of drug-likeness (QED) is 0.0797. The van der Waals surface area contributed by atoms with E-state index >= 15 is 0 Å². The molecule has 2 radical (unpaired) electrons. The van der Waals surface area contributed by atoms with Gasteiger partial charge in [0, 0.05) is 96.5 Å². The Balaban J connectivity index is 0. The number of aliphatic hydroxyl groups excluding tert-OH is 2. The molecule has 0 aliphatic carbocycles. The van der Waals surface area contributed by atoms with E-state index in [4.69, 9.17) is 45.3 Å². The number of nitrogens with zero attached hydrogens (tertiary/aromatic N) is 8. The molecule has 314 valence electrons. The van der Waals surface area contributed by atoms with Crippen LogP contribution >= 0.6 is 0 Å². The molecule has 0 unspecified atom stereocenters. The van der Waals surface area contributed by atoms with Crippen molar-refractivity contribution in [3.8, 4) is 45.0 Å². The van der Waals surface area contributed by atoms with Crippen molar-refractivity contribution in [1.82, 2.24) is 29.9 Å². The molecule has 0 amide bonds. The van der Waals surface area contributed by atoms with Crippen molar-refractivity contribution in [1.29, 1.82) is 0 Å². The van der Waals surface area contributed by atoms with Crippen molar-refractivity contribution < 1.29 is 89.2 Å². The van der Waals surface area contributed by atoms with Gasteiger partial charge in [0.15, 0.2) is 0 Å². The average Bonchev–Trinajstić information content (AvgIpc) is 3.19. The van der Waals surface area contributed by atoms with Crippen molar-refractivity contribution >= 4 is 32.2 Å². The number of benzene rings is 2. The molecular formula is C32H28Cu2N8O14S2. The molecule has 0 fully saturated rings. The normalized spacial score (nSPS) is 9.66. The van der Waals surface area contributed by atoms with E-state index in [2.05, 4.69) is 29.9 Å². The molecule has 0 saturated carbocycles. The number of pyridine rings is 2. The van der Waals surface area contributed by atoms with Gasteiger partial charge in [-0.15, -0.1) is 0 Å². The van der Waals surface area contributed by atoms with Crippen LogP contribution in [0.1, 0.15) is 0 Å². The summed E-state index contributed by atoms with van der Waals surface area (Å²) in [6.07, 6.45) is 13.1. The van der Waals surface area contributed by atoms with Crippen LogP contribution in [-0.4, -0.2) is 99.2 Å². The van der Waals surface area contributed by atoms with Crippen LogP contribution in [0.4, 0.5) is 11.4 Å². The van der Waals surface area contributed by atoms with Gasteiger partial charge in [0.2, 0.25) is 0 Å². The van der Waals surface area contributed by atoms with Crippen molar-refractivity contribution in [2.24, 2.45) is 0 Å². The minimum absolute atomic E-state index is 0. The summed E-state index contributed by atoms with van der Waals surface area (Å²) in [7, 11) is -8.33. The largest absolute Gasteiger partial charge is 2.00 e. The van der Waals surface area contributed by atoms with Gasteiger partial charge in [-0.3, -0.25) is 67.0 Å². The second-order valence-corrected chi connectivity index (χ2v) is 11.1. The Morgan fingerprint density at radius 2 is 0.724 bits per heavy atom. The first-order chi connectivity index (χ1) is 26.5. The molecule has 26 heteroatoms. The Hall–Kier alpha value is -5.60. The zero-order valence-corrected chi connectivity index (χ0v) is 32.9. The number of aromatic nitrogens is 6. The van der Waals surface area contributed by atoms with Gasteiger partial charge in [-0.2, -0.15) is 0 Å². The van der Waals surface area contributed by atoms with E-state index in [0.717, 1.165) is 36.5 Å². The summed E-state index contributed by atoms with van der Waals surface area (Å²) < 4.78 is 68.2. The van der Waals surface area contributed by atoms with Crippen LogP contribution in [0.3, 0.4) is 0 Å². The smallest absolute Gasteiger partial charge is 0.759 e. The molecule has 6 aromatic rings. The summed E-state index contributed by atoms with van der Waals surface area (Å²) in [5.74, 6) is 0. The van der Waals surface area contributed by atoms with E-state index < -0.39 is 30.6 Å². The monoisotopic (exact) mass is 938 g/mol. The minimum atomic E-state index is -5.17. The molecule has 0 aliphatic rings. The first kappa shape index (κ1) is 54.5. The van der Waals surface area contributed by atoms with E-state index in [1.807, 2.05) is 24.3 Å². The summed E-state index contributed by atoms with van der Waals surface area (Å²) in [5, 5.41) is 35.3. The van der Waals surface area contributed by atoms with Gasteiger partial charge in [0.25, 0.3) is 11.4 Å². The predicted molar refractivity (Wildman–Crippen MR) is 192 cm³/mol. The van der Waals surface area contributed by atoms with E-state index in [1.54, 1.807) is 73.8 Å². The second-order valence-electron chi connectivity index (χ2n) is 9.47. The molecule has 0 bridgehead atoms. The van der Waals surface area contributed by atoms with Gasteiger partial charge in [-0.1, -0.05) is 0 Å². The second kappa shape index (κ2) is 27.9. The standard InChI is InChI=1S/2C15H10N4O2.2CH4O.2Cu.2H2O4S/c2*20-19(21)13-3-1-11(2-4-13)12-5-6-17-14(9-12)15-10-16-7-8-18-15;2*1-2;;;2*1-5(2,3)4/h2*1-10H;2*2H,1H3;;;2*(H2,1,2,3,4)/q;;;;2*+2;;/p-4. The van der Waals surface area contributed by atoms with E-state index in [1.165, 1.54) is 24.3 Å². The fourth-order valence-corrected chi connectivity index (χ4v) is 3.91. The van der Waals surface area contributed by atoms with Gasteiger partial charge >= 0.3 is 34.1 Å². The Labute approximate surface area is 351 Å². The first-order valence-electron chi connectivity index (χ1n) is 14.7. The third-order valence-electron chi connectivity index (χ3n) is 5.99. The zero-order valence-electron chi connectivity index (χ0n) is 29.3. The number of rotatable bonds is 6. The molecule has 58 heavy (non-hydrogen) atoms. The minimum Gasteiger partial charge on any atom is -0.759 e. The van der Waals surface area contributed by atoms with Gasteiger partial charge in [0.1, 0.15) is 11.4 Å². The zero-order chi connectivity index (χ0) is 42.3. The van der Waals surface area contributed by atoms with Crippen molar-refractivity contribution in [3.05, 3.63) is 143 Å². The number of nitro benzene ring substituents is 2. The van der Waals surface area contributed by atoms with Gasteiger partial charge in [-0.05, 0) is 70.8 Å². The Kier molecular flexibility index (Phi) is 26.2. The maximum absolute atomic E-state index is 10.7. The van der Waals surface area contributed by atoms with Crippen LogP contribution in [-0.2, 0) is 54.9 Å². The van der Waals surface area contributed by atoms with E-state index in [9.17, 15) is 20.2 Å². The first-order valence-corrected chi connectivity index (χ1v) is 17.3. The van der Waals surface area contributed by atoms with Crippen molar-refractivity contribution in [2.45, 2.75) is 0 Å². The van der Waals surface area contributed by atoms with Gasteiger partial charge < -0.3 is 28.4 Å². The van der Waals surface area contributed by atoms with Crippen LogP contribution in [0, 0.1) is 20.2 Å². The van der Waals surface area contributed by atoms with Crippen LogP contribution in [0.2, 0.25) is 0 Å². The fraction of sp³-hybridized carbons (Fsp3) is 0.0625. The average molecular weight is 940 g/mol. The Morgan fingerprint density at radius 3 is 0.966 bits per heavy atom. The summed E-state index contributed by atoms with van der Waals surface area (Å²) >= 11 is 0. The van der Waals surface area contributed by atoms with Gasteiger partial charge in [-0.25, -0.2) is 0 Å². The van der Waals surface area contributed by atoms with E-state index in [-0.39, 0.29) is 45.5 Å². The molecular weight excluding hydrogens is 912 g/mol. The fourth-order valence-electron chi connectivity index (χ4n) is 3.91.